The summed E-state index contributed by atoms with van der Waals surface area (Å²) in [6.07, 6.45) is 7.00. The fourth-order valence-electron chi connectivity index (χ4n) is 4.92. The first-order chi connectivity index (χ1) is 16.3. The summed E-state index contributed by atoms with van der Waals surface area (Å²) in [7, 11) is 0. The number of pyridine rings is 2. The Morgan fingerprint density at radius 1 is 0.848 bits per heavy atom. The molecular formula is C24H25N7OS. The van der Waals surface area contributed by atoms with E-state index in [0.29, 0.717) is 5.91 Å². The Labute approximate surface area is 195 Å². The molecule has 2 saturated heterocycles. The third-order valence-electron chi connectivity index (χ3n) is 6.72. The number of piperidine rings is 1. The summed E-state index contributed by atoms with van der Waals surface area (Å²) < 4.78 is 1.08. The Kier molecular flexibility index (Phi) is 5.26. The summed E-state index contributed by atoms with van der Waals surface area (Å²) in [5.74, 6) is 2.35. The van der Waals surface area contributed by atoms with Crippen molar-refractivity contribution in [3.8, 4) is 0 Å². The van der Waals surface area contributed by atoms with Crippen LogP contribution in [0.5, 0.6) is 0 Å². The molecule has 9 heteroatoms. The lowest BCUT2D eigenvalue weighted by Gasteiger charge is -2.39. The maximum absolute atomic E-state index is 13.2. The second-order valence-corrected chi connectivity index (χ2v) is 9.59. The van der Waals surface area contributed by atoms with E-state index in [1.165, 1.54) is 0 Å². The van der Waals surface area contributed by atoms with Crippen molar-refractivity contribution in [2.24, 2.45) is 5.92 Å². The number of amides is 1. The Morgan fingerprint density at radius 3 is 2.45 bits per heavy atom. The summed E-state index contributed by atoms with van der Waals surface area (Å²) in [6.45, 7) is 4.85. The topological polar surface area (TPSA) is 78.4 Å². The molecule has 0 spiro atoms. The third kappa shape index (κ3) is 3.76. The van der Waals surface area contributed by atoms with Gasteiger partial charge in [0.1, 0.15) is 22.8 Å². The van der Waals surface area contributed by atoms with Crippen LogP contribution in [0.2, 0.25) is 0 Å². The molecule has 33 heavy (non-hydrogen) atoms. The molecule has 0 radical (unpaired) electrons. The van der Waals surface area contributed by atoms with Gasteiger partial charge in [-0.15, -0.1) is 11.3 Å². The summed E-state index contributed by atoms with van der Waals surface area (Å²) >= 11 is 1.65. The van der Waals surface area contributed by atoms with E-state index in [9.17, 15) is 4.79 Å². The molecule has 2 fully saturated rings. The first-order valence-corrected chi connectivity index (χ1v) is 12.3. The summed E-state index contributed by atoms with van der Waals surface area (Å²) in [6, 6.07) is 9.98. The number of nitrogens with zero attached hydrogens (tertiary/aromatic N) is 7. The molecule has 0 aliphatic carbocycles. The van der Waals surface area contributed by atoms with Crippen molar-refractivity contribution in [3.63, 3.8) is 0 Å². The zero-order valence-corrected chi connectivity index (χ0v) is 19.1. The monoisotopic (exact) mass is 459 g/mol. The van der Waals surface area contributed by atoms with Gasteiger partial charge in [-0.1, -0.05) is 6.07 Å². The minimum Gasteiger partial charge on any atom is -0.355 e. The number of rotatable bonds is 3. The molecule has 0 atom stereocenters. The van der Waals surface area contributed by atoms with Crippen LogP contribution >= 0.6 is 11.3 Å². The second-order valence-electron chi connectivity index (χ2n) is 8.59. The zero-order valence-electron chi connectivity index (χ0n) is 18.3. The molecule has 8 nitrogen and oxygen atoms in total. The zero-order chi connectivity index (χ0) is 22.2. The van der Waals surface area contributed by atoms with E-state index in [0.717, 1.165) is 84.2 Å². The Bertz CT molecular complexity index is 1280. The minimum absolute atomic E-state index is 0.0871. The van der Waals surface area contributed by atoms with Crippen molar-refractivity contribution in [1.82, 2.24) is 24.8 Å². The number of hydrogen-bond donors (Lipinski definition) is 0. The molecule has 0 saturated carbocycles. The van der Waals surface area contributed by atoms with Gasteiger partial charge >= 0.3 is 0 Å². The van der Waals surface area contributed by atoms with Crippen molar-refractivity contribution in [2.75, 3.05) is 49.1 Å². The minimum atomic E-state index is 0.0871. The van der Waals surface area contributed by atoms with Gasteiger partial charge in [0.2, 0.25) is 5.91 Å². The first kappa shape index (κ1) is 20.3. The van der Waals surface area contributed by atoms with E-state index in [1.54, 1.807) is 17.7 Å². The number of aromatic nitrogens is 4. The fourth-order valence-corrected chi connectivity index (χ4v) is 6.03. The number of hydrogen-bond acceptors (Lipinski definition) is 8. The van der Waals surface area contributed by atoms with E-state index < -0.39 is 0 Å². The lowest BCUT2D eigenvalue weighted by molar-refractivity contribution is -0.136. The quantitative estimate of drug-likeness (QED) is 0.466. The number of anilines is 2. The number of carbonyl (C=O) groups is 1. The van der Waals surface area contributed by atoms with Crippen LogP contribution in [0.15, 0.2) is 49.1 Å². The molecule has 1 amide bonds. The molecule has 168 valence electrons. The van der Waals surface area contributed by atoms with Gasteiger partial charge in [0.15, 0.2) is 0 Å². The van der Waals surface area contributed by atoms with E-state index in [-0.39, 0.29) is 5.92 Å². The normalized spacial score (nSPS) is 17.8. The molecule has 6 heterocycles. The number of thiophene rings is 1. The molecule has 4 aromatic rings. The predicted octanol–water partition coefficient (Wildman–Crippen LogP) is 3.20. The van der Waals surface area contributed by atoms with E-state index in [1.807, 2.05) is 41.6 Å². The average Bonchev–Trinajstić information content (AvgIpc) is 3.28. The molecule has 2 aliphatic rings. The number of carbonyl (C=O) groups excluding carboxylic acids is 1. The Hall–Kier alpha value is -3.33. The maximum atomic E-state index is 13.2. The molecule has 0 bridgehead atoms. The van der Waals surface area contributed by atoms with Gasteiger partial charge in [-0.2, -0.15) is 0 Å². The van der Waals surface area contributed by atoms with Gasteiger partial charge in [-0.3, -0.25) is 4.79 Å². The van der Waals surface area contributed by atoms with Crippen LogP contribution in [0.3, 0.4) is 0 Å². The van der Waals surface area contributed by atoms with Crippen molar-refractivity contribution in [1.29, 1.82) is 0 Å². The largest absolute Gasteiger partial charge is 0.355 e. The third-order valence-corrected chi connectivity index (χ3v) is 7.82. The summed E-state index contributed by atoms with van der Waals surface area (Å²) in [5, 5.41) is 1.08. The standard InChI is InChI=1S/C24H25N7OS/c32-24(31-14-12-29(13-15-31)19-5-1-2-8-25-19)17-6-10-30(11-7-17)22-21-20(27-16-28-22)18-4-3-9-26-23(18)33-21/h1-5,8-9,16-17H,6-7,10-15H2. The predicted molar refractivity (Wildman–Crippen MR) is 131 cm³/mol. The van der Waals surface area contributed by atoms with Crippen LogP contribution in [-0.4, -0.2) is 70.0 Å². The van der Waals surface area contributed by atoms with Crippen LogP contribution in [0, 0.1) is 5.92 Å². The Morgan fingerprint density at radius 2 is 1.67 bits per heavy atom. The number of piperazine rings is 1. The lowest BCUT2D eigenvalue weighted by Crippen LogP contribution is -2.52. The molecule has 2 aliphatic heterocycles. The van der Waals surface area contributed by atoms with Crippen LogP contribution in [0.25, 0.3) is 20.4 Å². The van der Waals surface area contributed by atoms with Crippen molar-refractivity contribution < 1.29 is 4.79 Å². The lowest BCUT2D eigenvalue weighted by atomic mass is 9.95. The van der Waals surface area contributed by atoms with E-state index in [2.05, 4.69) is 35.8 Å². The molecule has 0 aromatic carbocycles. The van der Waals surface area contributed by atoms with Crippen LogP contribution in [0.1, 0.15) is 12.8 Å². The van der Waals surface area contributed by atoms with E-state index >= 15 is 0 Å². The average molecular weight is 460 g/mol. The summed E-state index contributed by atoms with van der Waals surface area (Å²) in [4.78, 5) is 38.9. The van der Waals surface area contributed by atoms with Crippen LogP contribution < -0.4 is 9.80 Å². The van der Waals surface area contributed by atoms with Gasteiger partial charge in [0, 0.05) is 63.0 Å². The fraction of sp³-hybridized carbons (Fsp3) is 0.375. The molecule has 6 rings (SSSR count). The van der Waals surface area contributed by atoms with Gasteiger partial charge < -0.3 is 14.7 Å². The van der Waals surface area contributed by atoms with Crippen LogP contribution in [-0.2, 0) is 4.79 Å². The Balaban J connectivity index is 1.11. The number of fused-ring (bicyclic) bond motifs is 3. The van der Waals surface area contributed by atoms with Crippen LogP contribution in [0.4, 0.5) is 11.6 Å². The molecule has 0 N–H and O–H groups in total. The first-order valence-electron chi connectivity index (χ1n) is 11.5. The van der Waals surface area contributed by atoms with E-state index in [4.69, 9.17) is 0 Å². The van der Waals surface area contributed by atoms with Gasteiger partial charge in [-0.05, 0) is 37.1 Å². The highest BCUT2D eigenvalue weighted by atomic mass is 32.1. The SMILES string of the molecule is O=C(C1CCN(c2ncnc3c2sc2ncccc23)CC1)N1CCN(c2ccccn2)CC1. The summed E-state index contributed by atoms with van der Waals surface area (Å²) in [5.41, 5.74) is 0.970. The van der Waals surface area contributed by atoms with Gasteiger partial charge in [0.25, 0.3) is 0 Å². The van der Waals surface area contributed by atoms with Gasteiger partial charge in [0.05, 0.1) is 10.2 Å². The highest BCUT2D eigenvalue weighted by Gasteiger charge is 2.31. The maximum Gasteiger partial charge on any atom is 0.225 e. The van der Waals surface area contributed by atoms with Gasteiger partial charge in [-0.25, -0.2) is 19.9 Å². The molecular weight excluding hydrogens is 434 g/mol. The molecule has 4 aromatic heterocycles. The smallest absolute Gasteiger partial charge is 0.225 e. The van der Waals surface area contributed by atoms with Crippen molar-refractivity contribution >= 4 is 49.3 Å². The van der Waals surface area contributed by atoms with Crippen molar-refractivity contribution in [3.05, 3.63) is 49.1 Å². The van der Waals surface area contributed by atoms with Crippen molar-refractivity contribution in [2.45, 2.75) is 12.8 Å². The highest BCUT2D eigenvalue weighted by Crippen LogP contribution is 2.37. The highest BCUT2D eigenvalue weighted by molar-refractivity contribution is 7.25. The molecule has 0 unspecified atom stereocenters. The second kappa shape index (κ2) is 8.55.